The molecule has 10 nitrogen and oxygen atoms in total. The Kier molecular flexibility index (Phi) is 12.6. The van der Waals surface area contributed by atoms with Gasteiger partial charge >= 0.3 is 0 Å². The quantitative estimate of drug-likeness (QED) is 0.156. The third-order valence-corrected chi connectivity index (χ3v) is 2.54. The Hall–Kier alpha value is -1.30. The SMILES string of the molecule is O=C(CNCCNCC(=O)NCC(O)CO)NCC(O)CO. The number of aliphatic hydroxyl groups excluding tert-OH is 4. The number of carbonyl (C=O) groups excluding carboxylic acids is 2. The van der Waals surface area contributed by atoms with Crippen molar-refractivity contribution in [2.24, 2.45) is 0 Å². The lowest BCUT2D eigenvalue weighted by molar-refractivity contribution is -0.121. The maximum absolute atomic E-state index is 11.3. The molecule has 0 aromatic carbocycles. The van der Waals surface area contributed by atoms with E-state index < -0.39 is 25.4 Å². The van der Waals surface area contributed by atoms with Gasteiger partial charge < -0.3 is 41.7 Å². The molecule has 8 N–H and O–H groups in total. The fourth-order valence-corrected chi connectivity index (χ4v) is 1.30. The summed E-state index contributed by atoms with van der Waals surface area (Å²) in [7, 11) is 0. The van der Waals surface area contributed by atoms with Crippen LogP contribution in [-0.4, -0.2) is 96.9 Å². The maximum Gasteiger partial charge on any atom is 0.234 e. The number of amides is 2. The summed E-state index contributed by atoms with van der Waals surface area (Å²) < 4.78 is 0. The van der Waals surface area contributed by atoms with E-state index in [2.05, 4.69) is 21.3 Å². The van der Waals surface area contributed by atoms with Crippen molar-refractivity contribution in [2.75, 3.05) is 52.5 Å². The topological polar surface area (TPSA) is 163 Å². The second-order valence-corrected chi connectivity index (χ2v) is 4.63. The molecule has 2 atom stereocenters. The smallest absolute Gasteiger partial charge is 0.234 e. The molecule has 2 unspecified atom stereocenters. The second kappa shape index (κ2) is 13.4. The summed E-state index contributed by atoms with van der Waals surface area (Å²) in [5, 5.41) is 45.7. The van der Waals surface area contributed by atoms with Crippen molar-refractivity contribution >= 4 is 11.8 Å². The van der Waals surface area contributed by atoms with Gasteiger partial charge in [0, 0.05) is 26.2 Å². The van der Waals surface area contributed by atoms with Gasteiger partial charge in [0.05, 0.1) is 38.5 Å². The molecule has 0 saturated heterocycles. The van der Waals surface area contributed by atoms with Crippen LogP contribution in [-0.2, 0) is 9.59 Å². The second-order valence-electron chi connectivity index (χ2n) is 4.63. The molecule has 0 aliphatic rings. The van der Waals surface area contributed by atoms with Crippen molar-refractivity contribution in [3.63, 3.8) is 0 Å². The van der Waals surface area contributed by atoms with Crippen LogP contribution in [0.25, 0.3) is 0 Å². The van der Waals surface area contributed by atoms with E-state index in [9.17, 15) is 9.59 Å². The summed E-state index contributed by atoms with van der Waals surface area (Å²) in [6, 6.07) is 0. The molecule has 0 aliphatic heterocycles. The Morgan fingerprint density at radius 3 is 1.45 bits per heavy atom. The lowest BCUT2D eigenvalue weighted by Gasteiger charge is -2.11. The number of carbonyl (C=O) groups is 2. The predicted molar refractivity (Wildman–Crippen MR) is 77.9 cm³/mol. The van der Waals surface area contributed by atoms with Gasteiger partial charge in [0.25, 0.3) is 0 Å². The molecule has 0 aromatic heterocycles. The highest BCUT2D eigenvalue weighted by molar-refractivity contribution is 5.78. The lowest BCUT2D eigenvalue weighted by Crippen LogP contribution is -2.42. The summed E-state index contributed by atoms with van der Waals surface area (Å²) in [6.45, 7) is 0.225. The van der Waals surface area contributed by atoms with E-state index in [0.29, 0.717) is 13.1 Å². The average Bonchev–Trinajstić information content (AvgIpc) is 2.53. The van der Waals surface area contributed by atoms with Gasteiger partial charge in [-0.1, -0.05) is 0 Å². The van der Waals surface area contributed by atoms with Crippen molar-refractivity contribution in [3.8, 4) is 0 Å². The van der Waals surface area contributed by atoms with Crippen LogP contribution in [0.4, 0.5) is 0 Å². The summed E-state index contributed by atoms with van der Waals surface area (Å²) in [5.74, 6) is -0.605. The first-order valence-electron chi connectivity index (χ1n) is 7.02. The Morgan fingerprint density at radius 1 is 0.773 bits per heavy atom. The van der Waals surface area contributed by atoms with Crippen LogP contribution in [0.15, 0.2) is 0 Å². The molecule has 10 heteroatoms. The molecular weight excluding hydrogens is 296 g/mol. The highest BCUT2D eigenvalue weighted by Crippen LogP contribution is 1.77. The maximum atomic E-state index is 11.3. The molecule has 0 saturated carbocycles. The minimum atomic E-state index is -0.964. The van der Waals surface area contributed by atoms with Crippen LogP contribution >= 0.6 is 0 Å². The van der Waals surface area contributed by atoms with Crippen molar-refractivity contribution < 1.29 is 30.0 Å². The first kappa shape index (κ1) is 20.7. The number of aliphatic hydroxyl groups is 4. The summed E-state index contributed by atoms with van der Waals surface area (Å²) in [6.07, 6.45) is -1.93. The highest BCUT2D eigenvalue weighted by atomic mass is 16.3. The zero-order valence-corrected chi connectivity index (χ0v) is 12.4. The van der Waals surface area contributed by atoms with E-state index in [0.717, 1.165) is 0 Å². The van der Waals surface area contributed by atoms with Gasteiger partial charge in [-0.05, 0) is 0 Å². The fraction of sp³-hybridized carbons (Fsp3) is 0.833. The van der Waals surface area contributed by atoms with E-state index in [1.54, 1.807) is 0 Å². The van der Waals surface area contributed by atoms with Gasteiger partial charge in [-0.2, -0.15) is 0 Å². The van der Waals surface area contributed by atoms with Gasteiger partial charge in [-0.25, -0.2) is 0 Å². The molecule has 0 rings (SSSR count). The Labute approximate surface area is 128 Å². The molecular formula is C12H26N4O6. The molecule has 0 radical (unpaired) electrons. The zero-order valence-electron chi connectivity index (χ0n) is 12.4. The van der Waals surface area contributed by atoms with Crippen LogP contribution in [0.5, 0.6) is 0 Å². The minimum Gasteiger partial charge on any atom is -0.394 e. The highest BCUT2D eigenvalue weighted by Gasteiger charge is 2.06. The fourth-order valence-electron chi connectivity index (χ4n) is 1.30. The van der Waals surface area contributed by atoms with E-state index in [-0.39, 0.29) is 38.0 Å². The van der Waals surface area contributed by atoms with Gasteiger partial charge in [0.1, 0.15) is 0 Å². The van der Waals surface area contributed by atoms with Crippen LogP contribution < -0.4 is 21.3 Å². The standard InChI is InChI=1S/C12H26N4O6/c17-7-9(19)3-15-11(21)5-13-1-2-14-6-12(22)16-4-10(20)8-18/h9-10,13-14,17-20H,1-8H2,(H,15,21)(H,16,22). The number of nitrogens with one attached hydrogen (secondary N) is 4. The van der Waals surface area contributed by atoms with Crippen LogP contribution in [0.2, 0.25) is 0 Å². The predicted octanol–water partition coefficient (Wildman–Crippen LogP) is -4.90. The molecule has 0 fully saturated rings. The number of hydrogen-bond acceptors (Lipinski definition) is 8. The summed E-state index contributed by atoms with van der Waals surface area (Å²) in [4.78, 5) is 22.6. The third kappa shape index (κ3) is 12.4. The Balaban J connectivity index is 3.42. The van der Waals surface area contributed by atoms with Gasteiger partial charge in [-0.15, -0.1) is 0 Å². The lowest BCUT2D eigenvalue weighted by atomic mass is 10.3. The molecule has 0 spiro atoms. The Bertz CT molecular complexity index is 288. The largest absolute Gasteiger partial charge is 0.394 e. The van der Waals surface area contributed by atoms with E-state index in [1.165, 1.54) is 0 Å². The van der Waals surface area contributed by atoms with Crippen molar-refractivity contribution in [3.05, 3.63) is 0 Å². The monoisotopic (exact) mass is 322 g/mol. The van der Waals surface area contributed by atoms with E-state index in [4.69, 9.17) is 20.4 Å². The average molecular weight is 322 g/mol. The number of rotatable bonds is 13. The Morgan fingerprint density at radius 2 is 1.14 bits per heavy atom. The van der Waals surface area contributed by atoms with Crippen molar-refractivity contribution in [2.45, 2.75) is 12.2 Å². The molecule has 0 bridgehead atoms. The normalized spacial score (nSPS) is 13.5. The van der Waals surface area contributed by atoms with Gasteiger partial charge in [0.2, 0.25) is 11.8 Å². The van der Waals surface area contributed by atoms with Crippen molar-refractivity contribution in [1.82, 2.24) is 21.3 Å². The molecule has 0 aliphatic carbocycles. The van der Waals surface area contributed by atoms with E-state index >= 15 is 0 Å². The summed E-state index contributed by atoms with van der Waals surface area (Å²) >= 11 is 0. The van der Waals surface area contributed by atoms with Crippen LogP contribution in [0, 0.1) is 0 Å². The van der Waals surface area contributed by atoms with Crippen molar-refractivity contribution in [1.29, 1.82) is 0 Å². The van der Waals surface area contributed by atoms with Crippen LogP contribution in [0.3, 0.4) is 0 Å². The first-order valence-corrected chi connectivity index (χ1v) is 7.02. The zero-order chi connectivity index (χ0) is 16.8. The minimum absolute atomic E-state index is 0.00484. The molecule has 0 heterocycles. The third-order valence-electron chi connectivity index (χ3n) is 2.54. The summed E-state index contributed by atoms with van der Waals surface area (Å²) in [5.41, 5.74) is 0. The van der Waals surface area contributed by atoms with Gasteiger partial charge in [0.15, 0.2) is 0 Å². The van der Waals surface area contributed by atoms with E-state index in [1.807, 2.05) is 0 Å². The molecule has 0 aromatic rings. The first-order chi connectivity index (χ1) is 10.5. The molecule has 130 valence electrons. The molecule has 2 amide bonds. The van der Waals surface area contributed by atoms with Gasteiger partial charge in [-0.3, -0.25) is 9.59 Å². The number of hydrogen-bond donors (Lipinski definition) is 8. The van der Waals surface area contributed by atoms with Crippen LogP contribution in [0.1, 0.15) is 0 Å². The molecule has 22 heavy (non-hydrogen) atoms.